The molecule has 1 aliphatic heterocycles. The van der Waals surface area contributed by atoms with Gasteiger partial charge in [0.15, 0.2) is 5.16 Å². The molecule has 0 spiro atoms. The quantitative estimate of drug-likeness (QED) is 0.321. The molecule has 4 rings (SSSR count). The number of hydrogen-bond acceptors (Lipinski definition) is 8. The second-order valence-electron chi connectivity index (χ2n) is 8.42. The molecule has 198 valence electrons. The number of sulfonamides is 1. The van der Waals surface area contributed by atoms with Crippen molar-refractivity contribution < 1.29 is 27.5 Å². The van der Waals surface area contributed by atoms with Gasteiger partial charge in [-0.15, -0.1) is 0 Å². The summed E-state index contributed by atoms with van der Waals surface area (Å²) in [6.07, 6.45) is 0. The van der Waals surface area contributed by atoms with Gasteiger partial charge in [0.05, 0.1) is 47.9 Å². The van der Waals surface area contributed by atoms with Gasteiger partial charge in [-0.2, -0.15) is 4.31 Å². The summed E-state index contributed by atoms with van der Waals surface area (Å²) >= 11 is 1.24. The predicted octanol–water partition coefficient (Wildman–Crippen LogP) is 3.29. The van der Waals surface area contributed by atoms with Crippen molar-refractivity contribution in [1.29, 1.82) is 0 Å². The second-order valence-corrected chi connectivity index (χ2v) is 11.3. The van der Waals surface area contributed by atoms with Crippen molar-refractivity contribution >= 4 is 50.4 Å². The van der Waals surface area contributed by atoms with Crippen molar-refractivity contribution in [2.75, 3.05) is 44.0 Å². The van der Waals surface area contributed by atoms with Gasteiger partial charge in [0.2, 0.25) is 15.9 Å². The molecule has 0 radical (unpaired) electrons. The number of nitrogens with zero attached hydrogens (tertiary/aromatic N) is 3. The Labute approximate surface area is 220 Å². The van der Waals surface area contributed by atoms with Crippen molar-refractivity contribution in [2.45, 2.75) is 37.4 Å². The highest BCUT2D eigenvalue weighted by Gasteiger charge is 2.29. The van der Waals surface area contributed by atoms with Crippen LogP contribution >= 0.6 is 11.8 Å². The van der Waals surface area contributed by atoms with Crippen LogP contribution in [0.2, 0.25) is 0 Å². The molecule has 2 aromatic carbocycles. The Balaban J connectivity index is 1.51. The van der Waals surface area contributed by atoms with Crippen LogP contribution in [-0.2, 0) is 30.8 Å². The monoisotopic (exact) mass is 546 g/mol. The fourth-order valence-electron chi connectivity index (χ4n) is 4.05. The van der Waals surface area contributed by atoms with E-state index in [2.05, 4.69) is 10.3 Å². The second kappa shape index (κ2) is 11.6. The maximum absolute atomic E-state index is 13.3. The van der Waals surface area contributed by atoms with Crippen molar-refractivity contribution in [1.82, 2.24) is 13.9 Å². The fraction of sp³-hybridized carbons (Fsp3) is 0.400. The molecule has 1 fully saturated rings. The predicted molar refractivity (Wildman–Crippen MR) is 141 cm³/mol. The number of nitrogens with one attached hydrogen (secondary N) is 1. The average molecular weight is 547 g/mol. The third kappa shape index (κ3) is 5.98. The van der Waals surface area contributed by atoms with Crippen LogP contribution in [-0.4, -0.2) is 72.8 Å². The maximum Gasteiger partial charge on any atom is 0.338 e. The molecule has 0 saturated carbocycles. The van der Waals surface area contributed by atoms with Gasteiger partial charge in [0.25, 0.3) is 0 Å². The summed E-state index contributed by atoms with van der Waals surface area (Å²) in [5.41, 5.74) is 2.91. The zero-order valence-corrected chi connectivity index (χ0v) is 22.7. The number of aromatic nitrogens is 2. The number of fused-ring (bicyclic) bond motifs is 1. The molecular weight excluding hydrogens is 516 g/mol. The van der Waals surface area contributed by atoms with Gasteiger partial charge in [0.1, 0.15) is 4.90 Å². The Morgan fingerprint density at radius 1 is 1.14 bits per heavy atom. The fourth-order valence-corrected chi connectivity index (χ4v) is 6.57. The van der Waals surface area contributed by atoms with Crippen LogP contribution in [0.1, 0.15) is 29.8 Å². The first-order chi connectivity index (χ1) is 17.7. The van der Waals surface area contributed by atoms with E-state index < -0.39 is 16.0 Å². The SMILES string of the molecule is CCOC(=O)c1ccc2c(c1)nc(SCC(=O)Nc1ccc(C)cc1S(=O)(=O)N1CCOCC1)n2CC. The standard InChI is InChI=1S/C25H30N4O6S2/c1-4-29-21-9-7-18(24(31)35-5-2)15-20(21)27-25(29)36-16-23(30)26-19-8-6-17(3)14-22(19)37(32,33)28-10-12-34-13-11-28/h6-9,14-15H,4-5,10-13,16H2,1-3H3,(H,26,30). The molecule has 12 heteroatoms. The van der Waals surface area contributed by atoms with Crippen molar-refractivity contribution in [2.24, 2.45) is 0 Å². The number of amides is 1. The maximum atomic E-state index is 13.3. The number of ether oxygens (including phenoxy) is 2. The molecule has 2 heterocycles. The van der Waals surface area contributed by atoms with Gasteiger partial charge in [-0.25, -0.2) is 18.2 Å². The van der Waals surface area contributed by atoms with E-state index in [0.29, 0.717) is 36.0 Å². The number of carbonyl (C=O) groups is 2. The van der Waals surface area contributed by atoms with Crippen LogP contribution in [0.3, 0.4) is 0 Å². The van der Waals surface area contributed by atoms with Crippen LogP contribution in [0.5, 0.6) is 0 Å². The Bertz CT molecular complexity index is 1410. The summed E-state index contributed by atoms with van der Waals surface area (Å²) in [6.45, 7) is 7.65. The highest BCUT2D eigenvalue weighted by atomic mass is 32.2. The van der Waals surface area contributed by atoms with Gasteiger partial charge in [0, 0.05) is 19.6 Å². The first kappa shape index (κ1) is 27.1. The highest BCUT2D eigenvalue weighted by molar-refractivity contribution is 7.99. The summed E-state index contributed by atoms with van der Waals surface area (Å²) in [6, 6.07) is 10.1. The largest absolute Gasteiger partial charge is 0.462 e. The summed E-state index contributed by atoms with van der Waals surface area (Å²) in [4.78, 5) is 29.7. The lowest BCUT2D eigenvalue weighted by atomic mass is 10.2. The van der Waals surface area contributed by atoms with Gasteiger partial charge in [-0.05, 0) is 56.7 Å². The molecule has 1 N–H and O–H groups in total. The van der Waals surface area contributed by atoms with Gasteiger partial charge in [-0.3, -0.25) is 4.79 Å². The van der Waals surface area contributed by atoms with E-state index in [-0.39, 0.29) is 41.9 Å². The van der Waals surface area contributed by atoms with Crippen LogP contribution in [0.15, 0.2) is 46.5 Å². The smallest absolute Gasteiger partial charge is 0.338 e. The van der Waals surface area contributed by atoms with E-state index in [1.54, 1.807) is 37.3 Å². The number of hydrogen-bond donors (Lipinski definition) is 1. The number of rotatable bonds is 9. The number of aryl methyl sites for hydroxylation is 2. The van der Waals surface area contributed by atoms with E-state index in [1.165, 1.54) is 16.1 Å². The summed E-state index contributed by atoms with van der Waals surface area (Å²) in [5.74, 6) is -0.738. The molecule has 1 saturated heterocycles. The van der Waals surface area contributed by atoms with E-state index in [4.69, 9.17) is 9.47 Å². The molecule has 3 aromatic rings. The number of thioether (sulfide) groups is 1. The average Bonchev–Trinajstić information content (AvgIpc) is 3.25. The molecule has 1 aromatic heterocycles. The zero-order chi connectivity index (χ0) is 26.6. The minimum atomic E-state index is -3.79. The van der Waals surface area contributed by atoms with E-state index >= 15 is 0 Å². The molecule has 1 amide bonds. The van der Waals surface area contributed by atoms with E-state index in [1.807, 2.05) is 24.5 Å². The Morgan fingerprint density at radius 3 is 2.59 bits per heavy atom. The highest BCUT2D eigenvalue weighted by Crippen LogP contribution is 2.28. The molecular formula is C25H30N4O6S2. The van der Waals surface area contributed by atoms with Crippen molar-refractivity contribution in [3.8, 4) is 0 Å². The topological polar surface area (TPSA) is 120 Å². The first-order valence-corrected chi connectivity index (χ1v) is 14.5. The van der Waals surface area contributed by atoms with Crippen LogP contribution in [0.4, 0.5) is 5.69 Å². The van der Waals surface area contributed by atoms with Gasteiger partial charge >= 0.3 is 5.97 Å². The minimum absolute atomic E-state index is 0.0268. The Morgan fingerprint density at radius 2 is 1.89 bits per heavy atom. The Kier molecular flexibility index (Phi) is 8.53. The Hall–Kier alpha value is -2.93. The van der Waals surface area contributed by atoms with Crippen LogP contribution in [0.25, 0.3) is 11.0 Å². The lowest BCUT2D eigenvalue weighted by molar-refractivity contribution is -0.113. The minimum Gasteiger partial charge on any atom is -0.462 e. The van der Waals surface area contributed by atoms with Crippen LogP contribution < -0.4 is 5.32 Å². The summed E-state index contributed by atoms with van der Waals surface area (Å²) < 4.78 is 40.3. The number of morpholine rings is 1. The lowest BCUT2D eigenvalue weighted by Crippen LogP contribution is -2.41. The summed E-state index contributed by atoms with van der Waals surface area (Å²) in [7, 11) is -3.79. The zero-order valence-electron chi connectivity index (χ0n) is 21.0. The number of anilines is 1. The van der Waals surface area contributed by atoms with E-state index in [9.17, 15) is 18.0 Å². The molecule has 1 aliphatic rings. The third-order valence-corrected chi connectivity index (χ3v) is 8.79. The van der Waals surface area contributed by atoms with Crippen LogP contribution in [0, 0.1) is 6.92 Å². The van der Waals surface area contributed by atoms with E-state index in [0.717, 1.165) is 11.1 Å². The van der Waals surface area contributed by atoms with Crippen molar-refractivity contribution in [3.63, 3.8) is 0 Å². The molecule has 0 unspecified atom stereocenters. The molecule has 10 nitrogen and oxygen atoms in total. The number of benzene rings is 2. The van der Waals surface area contributed by atoms with Crippen molar-refractivity contribution in [3.05, 3.63) is 47.5 Å². The van der Waals surface area contributed by atoms with Gasteiger partial charge in [-0.1, -0.05) is 17.8 Å². The lowest BCUT2D eigenvalue weighted by Gasteiger charge is -2.27. The molecule has 0 aliphatic carbocycles. The number of esters is 1. The third-order valence-electron chi connectivity index (χ3n) is 5.87. The molecule has 0 bridgehead atoms. The number of imidazole rings is 1. The molecule has 37 heavy (non-hydrogen) atoms. The first-order valence-electron chi connectivity index (χ1n) is 12.0. The normalized spacial score (nSPS) is 14.6. The number of carbonyl (C=O) groups excluding carboxylic acids is 2. The molecule has 0 atom stereocenters. The summed E-state index contributed by atoms with van der Waals surface area (Å²) in [5, 5.41) is 3.39. The van der Waals surface area contributed by atoms with Gasteiger partial charge < -0.3 is 19.4 Å².